The van der Waals surface area contributed by atoms with Crippen molar-refractivity contribution in [1.29, 1.82) is 0 Å². The number of amides is 1. The van der Waals surface area contributed by atoms with Crippen molar-refractivity contribution >= 4 is 39.2 Å². The summed E-state index contributed by atoms with van der Waals surface area (Å²) in [5.41, 5.74) is 4.78. The average Bonchev–Trinajstić information content (AvgIpc) is 2.81. The van der Waals surface area contributed by atoms with Crippen molar-refractivity contribution < 1.29 is 13.2 Å². The molecule has 3 aromatic carbocycles. The van der Waals surface area contributed by atoms with Crippen molar-refractivity contribution in [1.82, 2.24) is 14.7 Å². The van der Waals surface area contributed by atoms with Crippen LogP contribution in [0, 0.1) is 6.92 Å². The second-order valence-electron chi connectivity index (χ2n) is 7.60. The molecule has 0 atom stereocenters. The maximum atomic E-state index is 12.2. The minimum Gasteiger partial charge on any atom is -0.324 e. The van der Waals surface area contributed by atoms with Crippen molar-refractivity contribution in [3.05, 3.63) is 89.6 Å². The molecular formula is C25H21ClN4O3S. The zero-order valence-electron chi connectivity index (χ0n) is 18.4. The molecule has 9 heteroatoms. The normalized spacial score (nSPS) is 11.1. The number of hydrogen-bond acceptors (Lipinski definition) is 6. The van der Waals surface area contributed by atoms with Gasteiger partial charge in [-0.1, -0.05) is 60.1 Å². The Labute approximate surface area is 202 Å². The molecule has 0 aliphatic heterocycles. The van der Waals surface area contributed by atoms with Gasteiger partial charge in [-0.3, -0.25) is 4.79 Å². The summed E-state index contributed by atoms with van der Waals surface area (Å²) in [5, 5.41) is 3.52. The van der Waals surface area contributed by atoms with E-state index in [9.17, 15) is 13.2 Å². The summed E-state index contributed by atoms with van der Waals surface area (Å²) in [6, 6.07) is 22.4. The van der Waals surface area contributed by atoms with E-state index < -0.39 is 15.9 Å². The van der Waals surface area contributed by atoms with E-state index in [0.29, 0.717) is 27.9 Å². The predicted octanol–water partition coefficient (Wildman–Crippen LogP) is 5.34. The molecule has 2 N–H and O–H groups in total. The summed E-state index contributed by atoms with van der Waals surface area (Å²) in [4.78, 5) is 20.0. The van der Waals surface area contributed by atoms with E-state index in [0.717, 1.165) is 23.6 Å². The second-order valence-corrected chi connectivity index (χ2v) is 9.69. The third kappa shape index (κ3) is 5.24. The monoisotopic (exact) mass is 492 g/mol. The Kier molecular flexibility index (Phi) is 6.63. The molecular weight excluding hydrogens is 472 g/mol. The highest BCUT2D eigenvalue weighted by molar-refractivity contribution is 7.90. The number of sulfonamides is 1. The first-order valence-electron chi connectivity index (χ1n) is 10.3. The number of halogens is 1. The van der Waals surface area contributed by atoms with Gasteiger partial charge in [0.1, 0.15) is 0 Å². The van der Waals surface area contributed by atoms with Gasteiger partial charge in [-0.25, -0.2) is 23.1 Å². The smallest absolute Gasteiger partial charge is 0.264 e. The molecule has 0 saturated heterocycles. The van der Waals surface area contributed by atoms with E-state index in [1.54, 1.807) is 13.0 Å². The lowest BCUT2D eigenvalue weighted by atomic mass is 10.0. The molecule has 0 aliphatic carbocycles. The molecule has 0 radical (unpaired) electrons. The van der Waals surface area contributed by atoms with Gasteiger partial charge in [-0.15, -0.1) is 0 Å². The third-order valence-corrected chi connectivity index (χ3v) is 6.73. The largest absolute Gasteiger partial charge is 0.324 e. The number of aryl methyl sites for hydroxylation is 1. The highest BCUT2D eigenvalue weighted by Gasteiger charge is 2.17. The molecule has 1 heterocycles. The average molecular weight is 493 g/mol. The van der Waals surface area contributed by atoms with Gasteiger partial charge in [0.25, 0.3) is 10.0 Å². The van der Waals surface area contributed by atoms with Crippen molar-refractivity contribution in [3.63, 3.8) is 0 Å². The predicted molar refractivity (Wildman–Crippen MR) is 133 cm³/mol. The third-order valence-electron chi connectivity index (χ3n) is 5.02. The number of anilines is 2. The first-order chi connectivity index (χ1) is 16.2. The van der Waals surface area contributed by atoms with Gasteiger partial charge in [-0.2, -0.15) is 0 Å². The molecule has 0 bridgehead atoms. The van der Waals surface area contributed by atoms with Crippen LogP contribution in [-0.2, 0) is 14.8 Å². The van der Waals surface area contributed by atoms with Gasteiger partial charge < -0.3 is 5.32 Å². The Balaban J connectivity index is 1.63. The van der Waals surface area contributed by atoms with E-state index in [1.165, 1.54) is 18.3 Å². The van der Waals surface area contributed by atoms with E-state index in [2.05, 4.69) is 15.3 Å². The van der Waals surface area contributed by atoms with Gasteiger partial charge in [-0.05, 0) is 47.9 Å². The molecule has 172 valence electrons. The van der Waals surface area contributed by atoms with Crippen LogP contribution in [0.3, 0.4) is 0 Å². The summed E-state index contributed by atoms with van der Waals surface area (Å²) in [5.74, 6) is -0.344. The van der Waals surface area contributed by atoms with Crippen LogP contribution in [0.5, 0.6) is 0 Å². The number of nitrogens with one attached hydrogen (secondary N) is 2. The number of carbonyl (C=O) groups is 1. The summed E-state index contributed by atoms with van der Waals surface area (Å²) in [6.07, 6.45) is 1.52. The molecule has 34 heavy (non-hydrogen) atoms. The molecule has 0 saturated carbocycles. The highest BCUT2D eigenvalue weighted by atomic mass is 35.5. The lowest BCUT2D eigenvalue weighted by molar-refractivity contribution is -0.117. The molecule has 4 aromatic rings. The molecule has 4 rings (SSSR count). The van der Waals surface area contributed by atoms with Gasteiger partial charge >= 0.3 is 0 Å². The van der Waals surface area contributed by atoms with E-state index >= 15 is 0 Å². The molecule has 0 aliphatic rings. The first-order valence-corrected chi connectivity index (χ1v) is 12.2. The van der Waals surface area contributed by atoms with Crippen LogP contribution in [0.25, 0.3) is 22.4 Å². The molecule has 1 amide bonds. The lowest BCUT2D eigenvalue weighted by Crippen LogP contribution is -2.28. The Morgan fingerprint density at radius 3 is 2.32 bits per heavy atom. The molecule has 7 nitrogen and oxygen atoms in total. The molecule has 0 unspecified atom stereocenters. The number of benzene rings is 3. The lowest BCUT2D eigenvalue weighted by Gasteiger charge is -2.12. The number of aromatic nitrogens is 2. The van der Waals surface area contributed by atoms with E-state index in [1.807, 2.05) is 59.3 Å². The van der Waals surface area contributed by atoms with Crippen LogP contribution in [0.1, 0.15) is 12.5 Å². The number of hydrogen-bond donors (Lipinski definition) is 2. The Morgan fingerprint density at radius 1 is 0.912 bits per heavy atom. The van der Waals surface area contributed by atoms with E-state index in [4.69, 9.17) is 11.6 Å². The zero-order valence-corrected chi connectivity index (χ0v) is 20.0. The number of carbonyl (C=O) groups excluding carboxylic acids is 1. The molecule has 0 spiro atoms. The standard InChI is InChI=1S/C25H21ClN4O3S/c1-16-13-21(34(32,33)30-17(2)31)11-12-23(16)28-25-27-15-22(26)24(29-25)20-10-6-9-19(14-20)18-7-4-3-5-8-18/h3-15H,1-2H3,(H,30,31)(H,27,28,29). The van der Waals surface area contributed by atoms with Crippen LogP contribution in [0.4, 0.5) is 11.6 Å². The Morgan fingerprint density at radius 2 is 1.62 bits per heavy atom. The summed E-state index contributed by atoms with van der Waals surface area (Å²) in [7, 11) is -3.92. The zero-order chi connectivity index (χ0) is 24.3. The van der Waals surface area contributed by atoms with Crippen LogP contribution in [0.2, 0.25) is 5.02 Å². The minimum absolute atomic E-state index is 0.0128. The van der Waals surface area contributed by atoms with Gasteiger partial charge in [0.2, 0.25) is 11.9 Å². The number of nitrogens with zero attached hydrogens (tertiary/aromatic N) is 2. The van der Waals surface area contributed by atoms with Crippen LogP contribution < -0.4 is 10.0 Å². The van der Waals surface area contributed by atoms with E-state index in [-0.39, 0.29) is 4.90 Å². The van der Waals surface area contributed by atoms with Crippen LogP contribution >= 0.6 is 11.6 Å². The Bertz CT molecular complexity index is 1470. The number of rotatable bonds is 6. The fourth-order valence-corrected chi connectivity index (χ4v) is 4.69. The molecule has 1 aromatic heterocycles. The fourth-order valence-electron chi connectivity index (χ4n) is 3.42. The molecule has 0 fully saturated rings. The van der Waals surface area contributed by atoms with Crippen LogP contribution in [0.15, 0.2) is 83.9 Å². The topological polar surface area (TPSA) is 101 Å². The maximum absolute atomic E-state index is 12.2. The minimum atomic E-state index is -3.92. The van der Waals surface area contributed by atoms with Gasteiger partial charge in [0.15, 0.2) is 0 Å². The van der Waals surface area contributed by atoms with Crippen molar-refractivity contribution in [2.45, 2.75) is 18.7 Å². The van der Waals surface area contributed by atoms with Gasteiger partial charge in [0.05, 0.1) is 21.8 Å². The Hall–Kier alpha value is -3.75. The van der Waals surface area contributed by atoms with Crippen LogP contribution in [-0.4, -0.2) is 24.3 Å². The van der Waals surface area contributed by atoms with Crippen molar-refractivity contribution in [2.75, 3.05) is 5.32 Å². The first kappa shape index (κ1) is 23.4. The fraction of sp³-hybridized carbons (Fsp3) is 0.0800. The summed E-state index contributed by atoms with van der Waals surface area (Å²) >= 11 is 6.42. The van der Waals surface area contributed by atoms with Gasteiger partial charge in [0, 0.05) is 18.2 Å². The second kappa shape index (κ2) is 9.62. The SMILES string of the molecule is CC(=O)NS(=O)(=O)c1ccc(Nc2ncc(Cl)c(-c3cccc(-c4ccccc4)c3)n2)c(C)c1. The van der Waals surface area contributed by atoms with Crippen molar-refractivity contribution in [3.8, 4) is 22.4 Å². The van der Waals surface area contributed by atoms with Crippen molar-refractivity contribution in [2.24, 2.45) is 0 Å². The quantitative estimate of drug-likeness (QED) is 0.376. The summed E-state index contributed by atoms with van der Waals surface area (Å²) < 4.78 is 26.4. The summed E-state index contributed by atoms with van der Waals surface area (Å²) in [6.45, 7) is 2.89. The maximum Gasteiger partial charge on any atom is 0.264 e. The highest BCUT2D eigenvalue weighted by Crippen LogP contribution is 2.31.